The minimum Gasteiger partial charge on any atom is -0.481 e. The molecule has 2 bridgehead atoms. The van der Waals surface area contributed by atoms with Gasteiger partial charge >= 0.3 is 11.9 Å². The number of allylic oxidation sites excluding steroid dienone is 1. The number of rotatable bonds is 14. The average Bonchev–Trinajstić information content (AvgIpc) is 3.90. The minimum atomic E-state index is -1.96. The van der Waals surface area contributed by atoms with Gasteiger partial charge in [0, 0.05) is 24.2 Å². The van der Waals surface area contributed by atoms with Crippen LogP contribution in [-0.2, 0) is 52.2 Å². The third-order valence-electron chi connectivity index (χ3n) is 19.7. The van der Waals surface area contributed by atoms with E-state index in [1.54, 1.807) is 0 Å². The van der Waals surface area contributed by atoms with Gasteiger partial charge in [-0.25, -0.2) is 0 Å². The Hall–Kier alpha value is -2.00. The Balaban J connectivity index is 0.939. The molecule has 25 atom stereocenters. The van der Waals surface area contributed by atoms with Crippen LogP contribution in [0.2, 0.25) is 0 Å². The van der Waals surface area contributed by atoms with Crippen molar-refractivity contribution in [1.82, 2.24) is 0 Å². The van der Waals surface area contributed by atoms with Gasteiger partial charge in [0.1, 0.15) is 67.6 Å². The van der Waals surface area contributed by atoms with E-state index in [9.17, 15) is 55.5 Å². The first-order valence-corrected chi connectivity index (χ1v) is 26.4. The van der Waals surface area contributed by atoms with Crippen molar-refractivity contribution in [3.63, 3.8) is 0 Å². The molecule has 9 fully saturated rings. The molecule has 2 spiro atoms. The van der Waals surface area contributed by atoms with E-state index in [-0.39, 0.29) is 46.7 Å². The van der Waals surface area contributed by atoms with Gasteiger partial charge in [0.2, 0.25) is 0 Å². The maximum absolute atomic E-state index is 12.6. The van der Waals surface area contributed by atoms with Crippen LogP contribution in [0.15, 0.2) is 11.6 Å². The van der Waals surface area contributed by atoms with Gasteiger partial charge in [0.25, 0.3) is 0 Å². The molecule has 10 N–H and O–H groups in total. The third-order valence-corrected chi connectivity index (χ3v) is 19.7. The molecule has 5 heterocycles. The van der Waals surface area contributed by atoms with Crippen LogP contribution in [0.5, 0.6) is 0 Å². The smallest absolute Gasteiger partial charge is 0.308 e. The summed E-state index contributed by atoms with van der Waals surface area (Å²) >= 11 is 0. The molecule has 0 aromatic carbocycles. The Morgan fingerprint density at radius 1 is 0.781 bits per heavy atom. The molecule has 21 heteroatoms. The summed E-state index contributed by atoms with van der Waals surface area (Å²) in [6, 6.07) is 0. The molecule has 73 heavy (non-hydrogen) atoms. The topological polar surface area (TPSA) is 320 Å². The number of hydrogen-bond donors (Lipinski definition) is 10. The van der Waals surface area contributed by atoms with E-state index in [0.29, 0.717) is 25.4 Å². The quantitative estimate of drug-likeness (QED) is 0.0653. The number of aliphatic hydroxyl groups is 9. The molecule has 5 saturated heterocycles. The van der Waals surface area contributed by atoms with Gasteiger partial charge in [-0.15, -0.1) is 0 Å². The van der Waals surface area contributed by atoms with Gasteiger partial charge in [0.05, 0.1) is 56.1 Å². The molecule has 0 aromatic rings. The van der Waals surface area contributed by atoms with E-state index >= 15 is 0 Å². The minimum absolute atomic E-state index is 0.110. The molecule has 0 amide bonds. The Morgan fingerprint density at radius 2 is 1.44 bits per heavy atom. The van der Waals surface area contributed by atoms with Crippen molar-refractivity contribution in [2.24, 2.45) is 45.3 Å². The molecule has 4 saturated carbocycles. The fourth-order valence-corrected chi connectivity index (χ4v) is 16.5. The zero-order valence-electron chi connectivity index (χ0n) is 43.4. The number of carbonyl (C=O) groups excluding carboxylic acids is 1. The molecule has 0 radical (unpaired) electrons. The Kier molecular flexibility index (Phi) is 15.1. The summed E-state index contributed by atoms with van der Waals surface area (Å²) in [5.41, 5.74) is -2.69. The van der Waals surface area contributed by atoms with Crippen molar-refractivity contribution < 1.29 is 103 Å². The van der Waals surface area contributed by atoms with Crippen molar-refractivity contribution in [2.45, 2.75) is 229 Å². The highest BCUT2D eigenvalue weighted by molar-refractivity contribution is 5.73. The Bertz CT molecular complexity index is 2060. The van der Waals surface area contributed by atoms with Crippen LogP contribution in [0.25, 0.3) is 0 Å². The predicted molar refractivity (Wildman–Crippen MR) is 250 cm³/mol. The summed E-state index contributed by atoms with van der Waals surface area (Å²) in [6.07, 6.45) is -14.7. The maximum atomic E-state index is 12.6. The second kappa shape index (κ2) is 19.7. The van der Waals surface area contributed by atoms with Crippen molar-refractivity contribution >= 4 is 11.9 Å². The molecule has 9 rings (SSSR count). The predicted octanol–water partition coefficient (Wildman–Crippen LogP) is 0.773. The third kappa shape index (κ3) is 9.46. The van der Waals surface area contributed by atoms with E-state index in [1.165, 1.54) is 0 Å². The molecule has 0 aromatic heterocycles. The van der Waals surface area contributed by atoms with E-state index in [1.807, 2.05) is 20.8 Å². The summed E-state index contributed by atoms with van der Waals surface area (Å²) in [5, 5.41) is 108. The molecular weight excluding hydrogens is 961 g/mol. The number of esters is 1. The number of aliphatic hydroxyl groups excluding tert-OH is 7. The van der Waals surface area contributed by atoms with E-state index in [0.717, 1.165) is 51.0 Å². The zero-order chi connectivity index (χ0) is 53.2. The van der Waals surface area contributed by atoms with Gasteiger partial charge in [0.15, 0.2) is 24.7 Å². The molecule has 9 aliphatic rings. The number of carboxylic acid groups (broad SMARTS) is 1. The van der Waals surface area contributed by atoms with E-state index < -0.39 is 146 Å². The normalized spacial score (nSPS) is 51.7. The SMILES string of the molecule is CC(C)=CC1CC(C)(O)C2C3CCC4C5(C)CCC(OC6OCC(O)C(OC7OC(COC(=O)CC(C)(O)CC(=O)O)C(O)C(O)C7O)C6OC6OC(CO)C(O)C6O)C(C)(C)C5CCC4(C)C34COC2(C4)O1. The zero-order valence-corrected chi connectivity index (χ0v) is 43.4. The number of carboxylic acids is 1. The van der Waals surface area contributed by atoms with E-state index in [4.69, 9.17) is 47.7 Å². The monoisotopic (exact) mass is 1040 g/mol. The molecular formula is C52H82O21. The fourth-order valence-electron chi connectivity index (χ4n) is 16.5. The van der Waals surface area contributed by atoms with Crippen molar-refractivity contribution in [2.75, 3.05) is 26.4 Å². The molecule has 416 valence electrons. The second-order valence-electron chi connectivity index (χ2n) is 25.2. The Labute approximate surface area is 426 Å². The summed E-state index contributed by atoms with van der Waals surface area (Å²) in [6.45, 7) is 15.3. The lowest BCUT2D eigenvalue weighted by Crippen LogP contribution is -2.67. The van der Waals surface area contributed by atoms with Crippen LogP contribution in [0.1, 0.15) is 120 Å². The molecule has 4 aliphatic carbocycles. The summed E-state index contributed by atoms with van der Waals surface area (Å²) in [7, 11) is 0. The summed E-state index contributed by atoms with van der Waals surface area (Å²) < 4.78 is 56.3. The van der Waals surface area contributed by atoms with Gasteiger partial charge in [-0.05, 0) is 100 Å². The summed E-state index contributed by atoms with van der Waals surface area (Å²) in [4.78, 5) is 23.8. The average molecular weight is 1040 g/mol. The fraction of sp³-hybridized carbons (Fsp3) is 0.923. The lowest BCUT2D eigenvalue weighted by Gasteiger charge is -2.70. The van der Waals surface area contributed by atoms with Crippen LogP contribution in [-0.4, -0.2) is 199 Å². The van der Waals surface area contributed by atoms with Crippen LogP contribution < -0.4 is 0 Å². The standard InChI is InChI=1S/C52H82O21/c1-24(2)15-25-16-50(8,64)42-26-9-10-31-48(6)13-12-32(46(3,4)30(48)11-14-49(31,7)51(26)22-52(42,73-25)67-23-51)70-45-41(72-43-38(61)35(58)28(19-53)68-43)40(27(54)20-66-45)71-44-39(62)37(60)36(59)29(69-44)21-65-34(57)18-47(5,63)17-33(55)56/h15,25-32,35-45,53-54,58-64H,9-14,16-23H2,1-8H3,(H,55,56). The van der Waals surface area contributed by atoms with Gasteiger partial charge in [-0.2, -0.15) is 0 Å². The Morgan fingerprint density at radius 3 is 2.10 bits per heavy atom. The number of carbonyl (C=O) groups is 2. The van der Waals surface area contributed by atoms with Crippen molar-refractivity contribution in [3.05, 3.63) is 11.6 Å². The first-order valence-electron chi connectivity index (χ1n) is 26.4. The lowest BCUT2D eigenvalue weighted by atomic mass is 9.35. The molecule has 21 nitrogen and oxygen atoms in total. The van der Waals surface area contributed by atoms with Gasteiger partial charge in [-0.1, -0.05) is 39.3 Å². The highest BCUT2D eigenvalue weighted by Gasteiger charge is 2.81. The number of hydrogen-bond acceptors (Lipinski definition) is 20. The number of ether oxygens (including phenoxy) is 9. The van der Waals surface area contributed by atoms with Gasteiger partial charge < -0.3 is 93.7 Å². The van der Waals surface area contributed by atoms with Crippen molar-refractivity contribution in [3.8, 4) is 0 Å². The highest BCUT2D eigenvalue weighted by Crippen LogP contribution is 2.80. The maximum Gasteiger partial charge on any atom is 0.308 e. The van der Waals surface area contributed by atoms with Crippen LogP contribution >= 0.6 is 0 Å². The van der Waals surface area contributed by atoms with Crippen molar-refractivity contribution in [1.29, 1.82) is 0 Å². The molecule has 5 aliphatic heterocycles. The first kappa shape index (κ1) is 55.7. The van der Waals surface area contributed by atoms with E-state index in [2.05, 4.69) is 33.8 Å². The summed E-state index contributed by atoms with van der Waals surface area (Å²) in [5.74, 6) is -2.64. The second-order valence-corrected chi connectivity index (χ2v) is 25.2. The lowest BCUT2D eigenvalue weighted by molar-refractivity contribution is -0.375. The van der Waals surface area contributed by atoms with Gasteiger partial charge in [-0.3, -0.25) is 9.59 Å². The van der Waals surface area contributed by atoms with Crippen LogP contribution in [0.4, 0.5) is 0 Å². The number of fused-ring (bicyclic) bond motifs is 4. The highest BCUT2D eigenvalue weighted by atomic mass is 16.8. The number of aliphatic carboxylic acids is 1. The van der Waals surface area contributed by atoms with Crippen LogP contribution in [0, 0.1) is 45.3 Å². The largest absolute Gasteiger partial charge is 0.481 e. The van der Waals surface area contributed by atoms with Crippen LogP contribution in [0.3, 0.4) is 0 Å². The molecule has 25 unspecified atom stereocenters. The first-order chi connectivity index (χ1) is 34.0.